The quantitative estimate of drug-likeness (QED) is 0.778. The van der Waals surface area contributed by atoms with Gasteiger partial charge in [-0.2, -0.15) is 0 Å². The summed E-state index contributed by atoms with van der Waals surface area (Å²) in [6.45, 7) is 4.87. The van der Waals surface area contributed by atoms with Gasteiger partial charge in [0, 0.05) is 39.1 Å². The minimum Gasteiger partial charge on any atom is -0.388 e. The molecule has 2 aliphatic rings. The molecule has 0 aliphatic carbocycles. The van der Waals surface area contributed by atoms with E-state index >= 15 is 0 Å². The molecule has 2 saturated heterocycles. The molecule has 0 radical (unpaired) electrons. The van der Waals surface area contributed by atoms with E-state index in [9.17, 15) is 9.90 Å². The average Bonchev–Trinajstić information content (AvgIpc) is 3.24. The van der Waals surface area contributed by atoms with Gasteiger partial charge < -0.3 is 24.6 Å². The van der Waals surface area contributed by atoms with Crippen LogP contribution in [0, 0.1) is 0 Å². The molecule has 2 N–H and O–H groups in total. The van der Waals surface area contributed by atoms with Gasteiger partial charge in [-0.3, -0.25) is 4.79 Å². The highest BCUT2D eigenvalue weighted by molar-refractivity contribution is 5.90. The van der Waals surface area contributed by atoms with Crippen LogP contribution >= 0.6 is 0 Å². The molecule has 1 unspecified atom stereocenters. The number of rotatable bonds is 5. The molecule has 1 amide bonds. The van der Waals surface area contributed by atoms with Gasteiger partial charge in [-0.25, -0.2) is 15.0 Å². The van der Waals surface area contributed by atoms with Gasteiger partial charge >= 0.3 is 0 Å². The summed E-state index contributed by atoms with van der Waals surface area (Å²) in [6.07, 6.45) is 5.12. The zero-order valence-corrected chi connectivity index (χ0v) is 14.9. The first kappa shape index (κ1) is 17.2. The third-order valence-corrected chi connectivity index (χ3v) is 5.28. The molecule has 140 valence electrons. The third-order valence-electron chi connectivity index (χ3n) is 5.28. The van der Waals surface area contributed by atoms with E-state index in [0.29, 0.717) is 62.7 Å². The Kier molecular flexibility index (Phi) is 4.49. The molecule has 0 bridgehead atoms. The lowest BCUT2D eigenvalue weighted by atomic mass is 9.94. The van der Waals surface area contributed by atoms with Crippen LogP contribution in [0.1, 0.15) is 26.2 Å². The van der Waals surface area contributed by atoms with E-state index in [0.717, 1.165) is 6.42 Å². The van der Waals surface area contributed by atoms with Crippen molar-refractivity contribution in [3.05, 3.63) is 12.7 Å². The number of hydrogen-bond donors (Lipinski definition) is 2. The minimum atomic E-state index is -0.813. The molecule has 0 saturated carbocycles. The number of hydrogen-bond acceptors (Lipinski definition) is 7. The number of imidazole rings is 1. The van der Waals surface area contributed by atoms with Gasteiger partial charge in [0.15, 0.2) is 17.0 Å². The second-order valence-corrected chi connectivity index (χ2v) is 6.96. The maximum absolute atomic E-state index is 12.1. The molecule has 2 aromatic heterocycles. The molecule has 9 heteroatoms. The van der Waals surface area contributed by atoms with E-state index in [1.54, 1.807) is 6.33 Å². The summed E-state index contributed by atoms with van der Waals surface area (Å²) in [5.74, 6) is 0.687. The number of fused-ring (bicyclic) bond motifs is 1. The van der Waals surface area contributed by atoms with Crippen LogP contribution in [0.5, 0.6) is 0 Å². The number of carbonyl (C=O) groups is 1. The molecule has 2 fully saturated rings. The van der Waals surface area contributed by atoms with Gasteiger partial charge in [0.25, 0.3) is 0 Å². The number of carbonyl (C=O) groups excluding carboxylic acids is 1. The van der Waals surface area contributed by atoms with Crippen molar-refractivity contribution in [1.29, 1.82) is 0 Å². The summed E-state index contributed by atoms with van der Waals surface area (Å²) in [5.41, 5.74) is 0.517. The van der Waals surface area contributed by atoms with Crippen molar-refractivity contribution in [3.8, 4) is 0 Å². The van der Waals surface area contributed by atoms with Crippen LogP contribution in [0.2, 0.25) is 0 Å². The van der Waals surface area contributed by atoms with Crippen LogP contribution in [0.4, 0.5) is 5.82 Å². The maximum atomic E-state index is 12.1. The van der Waals surface area contributed by atoms with Crippen LogP contribution in [-0.4, -0.2) is 68.5 Å². The largest absolute Gasteiger partial charge is 0.388 e. The minimum absolute atomic E-state index is 0.0227. The number of anilines is 1. The zero-order chi connectivity index (χ0) is 18.1. The Morgan fingerprint density at radius 2 is 2.19 bits per heavy atom. The SMILES string of the molecule is CCN(c1ncnc2c1ncn2CC1(O)CCOCC1)C1CCNC1=O. The summed E-state index contributed by atoms with van der Waals surface area (Å²) in [5, 5.41) is 13.7. The molecule has 2 aromatic rings. The summed E-state index contributed by atoms with van der Waals surface area (Å²) >= 11 is 0. The summed E-state index contributed by atoms with van der Waals surface area (Å²) in [6, 6.07) is -0.233. The first-order chi connectivity index (χ1) is 12.6. The van der Waals surface area contributed by atoms with Crippen molar-refractivity contribution < 1.29 is 14.6 Å². The lowest BCUT2D eigenvalue weighted by Gasteiger charge is -2.32. The highest BCUT2D eigenvalue weighted by Crippen LogP contribution is 2.28. The molecule has 4 rings (SSSR count). The summed E-state index contributed by atoms with van der Waals surface area (Å²) in [4.78, 5) is 27.4. The van der Waals surface area contributed by atoms with Gasteiger partial charge in [-0.15, -0.1) is 0 Å². The maximum Gasteiger partial charge on any atom is 0.242 e. The molecule has 4 heterocycles. The number of amides is 1. The van der Waals surface area contributed by atoms with Crippen LogP contribution in [-0.2, 0) is 16.1 Å². The summed E-state index contributed by atoms with van der Waals surface area (Å²) in [7, 11) is 0. The number of nitrogens with one attached hydrogen (secondary N) is 1. The van der Waals surface area contributed by atoms with Crippen LogP contribution in [0.15, 0.2) is 12.7 Å². The van der Waals surface area contributed by atoms with Crippen molar-refractivity contribution in [1.82, 2.24) is 24.8 Å². The van der Waals surface area contributed by atoms with Crippen molar-refractivity contribution >= 4 is 22.9 Å². The fraction of sp³-hybridized carbons (Fsp3) is 0.647. The van der Waals surface area contributed by atoms with Gasteiger partial charge in [0.1, 0.15) is 12.4 Å². The van der Waals surface area contributed by atoms with Crippen LogP contribution < -0.4 is 10.2 Å². The Labute approximate surface area is 151 Å². The predicted molar refractivity (Wildman–Crippen MR) is 94.8 cm³/mol. The van der Waals surface area contributed by atoms with Crippen LogP contribution in [0.25, 0.3) is 11.2 Å². The molecule has 2 aliphatic heterocycles. The molecule has 0 aromatic carbocycles. The Hall–Kier alpha value is -2.26. The first-order valence-corrected chi connectivity index (χ1v) is 9.11. The Bertz CT molecular complexity index is 801. The molecule has 0 spiro atoms. The highest BCUT2D eigenvalue weighted by Gasteiger charge is 2.33. The predicted octanol–water partition coefficient (Wildman–Crippen LogP) is 0.0826. The standard InChI is InChI=1S/C17H24N6O3/c1-2-23(12-3-6-18-16(12)24)15-13-14(19-10-20-15)22(11-21-13)9-17(25)4-7-26-8-5-17/h10-12,25H,2-9H2,1H3,(H,18,24). The van der Waals surface area contributed by atoms with E-state index in [2.05, 4.69) is 20.3 Å². The van der Waals surface area contributed by atoms with Gasteiger partial charge in [0.2, 0.25) is 5.91 Å². The van der Waals surface area contributed by atoms with Crippen molar-refractivity contribution in [2.24, 2.45) is 0 Å². The normalized spacial score (nSPS) is 22.5. The molecular formula is C17H24N6O3. The fourth-order valence-electron chi connectivity index (χ4n) is 3.82. The Morgan fingerprint density at radius 1 is 1.38 bits per heavy atom. The molecule has 26 heavy (non-hydrogen) atoms. The van der Waals surface area contributed by atoms with E-state index in [-0.39, 0.29) is 11.9 Å². The number of aromatic nitrogens is 4. The summed E-state index contributed by atoms with van der Waals surface area (Å²) < 4.78 is 7.22. The van der Waals surface area contributed by atoms with Gasteiger partial charge in [0.05, 0.1) is 18.5 Å². The average molecular weight is 360 g/mol. The molecular weight excluding hydrogens is 336 g/mol. The number of likely N-dealkylation sites (N-methyl/N-ethyl adjacent to an activating group) is 1. The Balaban J connectivity index is 1.67. The first-order valence-electron chi connectivity index (χ1n) is 9.11. The highest BCUT2D eigenvalue weighted by atomic mass is 16.5. The number of aliphatic hydroxyl groups is 1. The molecule has 1 atom stereocenters. The van der Waals surface area contributed by atoms with Crippen LogP contribution in [0.3, 0.4) is 0 Å². The van der Waals surface area contributed by atoms with E-state index in [1.807, 2.05) is 16.4 Å². The molecule has 9 nitrogen and oxygen atoms in total. The zero-order valence-electron chi connectivity index (χ0n) is 14.9. The third kappa shape index (κ3) is 3.01. The lowest BCUT2D eigenvalue weighted by Crippen LogP contribution is -2.41. The second-order valence-electron chi connectivity index (χ2n) is 6.96. The topological polar surface area (TPSA) is 105 Å². The smallest absolute Gasteiger partial charge is 0.242 e. The fourth-order valence-corrected chi connectivity index (χ4v) is 3.82. The lowest BCUT2D eigenvalue weighted by molar-refractivity contribution is -0.120. The van der Waals surface area contributed by atoms with Crippen molar-refractivity contribution in [2.45, 2.75) is 44.4 Å². The van der Waals surface area contributed by atoms with E-state index in [1.165, 1.54) is 6.33 Å². The van der Waals surface area contributed by atoms with Gasteiger partial charge in [-0.05, 0) is 13.3 Å². The Morgan fingerprint density at radius 3 is 2.88 bits per heavy atom. The van der Waals surface area contributed by atoms with Crippen molar-refractivity contribution in [2.75, 3.05) is 31.2 Å². The number of ether oxygens (including phenoxy) is 1. The van der Waals surface area contributed by atoms with E-state index in [4.69, 9.17) is 4.74 Å². The van der Waals surface area contributed by atoms with Gasteiger partial charge in [-0.1, -0.05) is 0 Å². The second kappa shape index (κ2) is 6.81. The number of nitrogens with zero attached hydrogens (tertiary/aromatic N) is 5. The van der Waals surface area contributed by atoms with Crippen molar-refractivity contribution in [3.63, 3.8) is 0 Å². The van der Waals surface area contributed by atoms with E-state index < -0.39 is 5.60 Å². The monoisotopic (exact) mass is 360 g/mol.